The topological polar surface area (TPSA) is 84.3 Å². The van der Waals surface area contributed by atoms with Crippen molar-refractivity contribution in [1.29, 1.82) is 0 Å². The third-order valence-electron chi connectivity index (χ3n) is 4.16. The molecule has 7 heteroatoms. The number of hydrogen-bond acceptors (Lipinski definition) is 5. The van der Waals surface area contributed by atoms with Gasteiger partial charge in [-0.1, -0.05) is 19.1 Å². The predicted molar refractivity (Wildman–Crippen MR) is 93.8 cm³/mol. The molecule has 0 aliphatic heterocycles. The summed E-state index contributed by atoms with van der Waals surface area (Å²) in [6.45, 7) is 4.01. The summed E-state index contributed by atoms with van der Waals surface area (Å²) in [7, 11) is 1.88. The van der Waals surface area contributed by atoms with E-state index in [2.05, 4.69) is 32.3 Å². The van der Waals surface area contributed by atoms with Crippen LogP contribution in [-0.4, -0.2) is 29.7 Å². The van der Waals surface area contributed by atoms with Crippen LogP contribution in [0.3, 0.4) is 0 Å². The first-order chi connectivity index (χ1) is 11.7. The van der Waals surface area contributed by atoms with Gasteiger partial charge in [0, 0.05) is 7.05 Å². The van der Waals surface area contributed by atoms with E-state index in [1.165, 1.54) is 0 Å². The molecule has 1 aromatic carbocycles. The largest absolute Gasteiger partial charge is 0.359 e. The Labute approximate surface area is 139 Å². The van der Waals surface area contributed by atoms with E-state index >= 15 is 0 Å². The summed E-state index contributed by atoms with van der Waals surface area (Å²) >= 11 is 0. The fourth-order valence-corrected chi connectivity index (χ4v) is 2.91. The van der Waals surface area contributed by atoms with Crippen molar-refractivity contribution < 1.29 is 0 Å². The van der Waals surface area contributed by atoms with Crippen LogP contribution in [0.1, 0.15) is 31.0 Å². The fraction of sp³-hybridized carbons (Fsp3) is 0.294. The highest BCUT2D eigenvalue weighted by Gasteiger charge is 2.17. The van der Waals surface area contributed by atoms with Crippen molar-refractivity contribution in [3.8, 4) is 0 Å². The minimum atomic E-state index is 0.0371. The molecule has 0 spiro atoms. The second-order valence-corrected chi connectivity index (χ2v) is 5.87. The fourth-order valence-electron chi connectivity index (χ4n) is 2.91. The lowest BCUT2D eigenvalue weighted by Gasteiger charge is -2.16. The van der Waals surface area contributed by atoms with Crippen molar-refractivity contribution in [3.63, 3.8) is 0 Å². The van der Waals surface area contributed by atoms with Crippen LogP contribution in [0.4, 0.5) is 5.82 Å². The Balaban J connectivity index is 1.75. The SMILES string of the molecule is CC[C@H](Nc1nc(C)nc2c1cnn2C)c1nc2ccccc2[nH]1. The van der Waals surface area contributed by atoms with Crippen molar-refractivity contribution in [1.82, 2.24) is 29.7 Å². The number of hydrogen-bond donors (Lipinski definition) is 2. The lowest BCUT2D eigenvalue weighted by atomic mass is 10.2. The number of imidazole rings is 1. The number of para-hydroxylation sites is 2. The van der Waals surface area contributed by atoms with Crippen LogP contribution in [0, 0.1) is 6.92 Å². The molecule has 1 atom stereocenters. The van der Waals surface area contributed by atoms with Crippen LogP contribution in [0.25, 0.3) is 22.1 Å². The van der Waals surface area contributed by atoms with Crippen LogP contribution in [0.5, 0.6) is 0 Å². The summed E-state index contributed by atoms with van der Waals surface area (Å²) in [5.74, 6) is 2.41. The van der Waals surface area contributed by atoms with Crippen molar-refractivity contribution in [2.45, 2.75) is 26.3 Å². The van der Waals surface area contributed by atoms with Gasteiger partial charge in [0.2, 0.25) is 0 Å². The predicted octanol–water partition coefficient (Wildman–Crippen LogP) is 3.11. The van der Waals surface area contributed by atoms with Gasteiger partial charge in [-0.3, -0.25) is 4.68 Å². The maximum absolute atomic E-state index is 4.71. The third kappa shape index (κ3) is 2.38. The van der Waals surface area contributed by atoms with E-state index in [0.29, 0.717) is 5.82 Å². The van der Waals surface area contributed by atoms with Gasteiger partial charge in [-0.15, -0.1) is 0 Å². The van der Waals surface area contributed by atoms with Gasteiger partial charge in [0.05, 0.1) is 28.7 Å². The van der Waals surface area contributed by atoms with Crippen LogP contribution in [-0.2, 0) is 7.05 Å². The highest BCUT2D eigenvalue weighted by molar-refractivity contribution is 5.86. The lowest BCUT2D eigenvalue weighted by Crippen LogP contribution is -2.13. The first-order valence-corrected chi connectivity index (χ1v) is 8.03. The van der Waals surface area contributed by atoms with Crippen LogP contribution in [0.2, 0.25) is 0 Å². The van der Waals surface area contributed by atoms with Crippen LogP contribution >= 0.6 is 0 Å². The molecule has 122 valence electrons. The summed E-state index contributed by atoms with van der Waals surface area (Å²) in [5.41, 5.74) is 2.83. The Hall–Kier alpha value is -2.96. The van der Waals surface area contributed by atoms with Gasteiger partial charge >= 0.3 is 0 Å². The zero-order valence-corrected chi connectivity index (χ0v) is 13.9. The maximum atomic E-state index is 4.71. The van der Waals surface area contributed by atoms with Gasteiger partial charge < -0.3 is 10.3 Å². The molecule has 3 heterocycles. The van der Waals surface area contributed by atoms with Gasteiger partial charge in [-0.25, -0.2) is 15.0 Å². The molecule has 2 N–H and O–H groups in total. The van der Waals surface area contributed by atoms with E-state index in [9.17, 15) is 0 Å². The minimum Gasteiger partial charge on any atom is -0.359 e. The Morgan fingerprint density at radius 1 is 1.21 bits per heavy atom. The Morgan fingerprint density at radius 3 is 2.83 bits per heavy atom. The molecular weight excluding hydrogens is 302 g/mol. The first kappa shape index (κ1) is 14.6. The monoisotopic (exact) mass is 321 g/mol. The van der Waals surface area contributed by atoms with Crippen molar-refractivity contribution in [2.24, 2.45) is 7.05 Å². The zero-order valence-electron chi connectivity index (χ0n) is 13.9. The summed E-state index contributed by atoms with van der Waals surface area (Å²) < 4.78 is 1.76. The molecule has 0 fully saturated rings. The van der Waals surface area contributed by atoms with E-state index in [-0.39, 0.29) is 6.04 Å². The van der Waals surface area contributed by atoms with E-state index in [4.69, 9.17) is 4.98 Å². The second kappa shape index (κ2) is 5.59. The van der Waals surface area contributed by atoms with Gasteiger partial charge in [-0.05, 0) is 25.5 Å². The average molecular weight is 321 g/mol. The lowest BCUT2D eigenvalue weighted by molar-refractivity contribution is 0.703. The van der Waals surface area contributed by atoms with Crippen LogP contribution < -0.4 is 5.32 Å². The number of benzene rings is 1. The molecule has 7 nitrogen and oxygen atoms in total. The minimum absolute atomic E-state index is 0.0371. The molecule has 0 amide bonds. The number of aryl methyl sites for hydroxylation is 2. The molecule has 4 rings (SSSR count). The number of nitrogens with zero attached hydrogens (tertiary/aromatic N) is 5. The molecule has 0 aliphatic rings. The normalized spacial score (nSPS) is 12.8. The summed E-state index contributed by atoms with van der Waals surface area (Å²) in [6, 6.07) is 8.08. The first-order valence-electron chi connectivity index (χ1n) is 8.03. The van der Waals surface area contributed by atoms with Crippen molar-refractivity contribution >= 4 is 27.9 Å². The number of aromatic amines is 1. The van der Waals surface area contributed by atoms with E-state index in [0.717, 1.165) is 40.1 Å². The third-order valence-corrected chi connectivity index (χ3v) is 4.16. The second-order valence-electron chi connectivity index (χ2n) is 5.87. The molecule has 0 radical (unpaired) electrons. The molecule has 0 aliphatic carbocycles. The Kier molecular flexibility index (Phi) is 3.41. The van der Waals surface area contributed by atoms with E-state index < -0.39 is 0 Å². The maximum Gasteiger partial charge on any atom is 0.163 e. The number of anilines is 1. The molecule has 3 aromatic heterocycles. The highest BCUT2D eigenvalue weighted by atomic mass is 15.3. The molecule has 24 heavy (non-hydrogen) atoms. The van der Waals surface area contributed by atoms with Gasteiger partial charge in [0.15, 0.2) is 5.65 Å². The highest BCUT2D eigenvalue weighted by Crippen LogP contribution is 2.26. The molecular formula is C17H19N7. The number of rotatable bonds is 4. The molecule has 4 aromatic rings. The standard InChI is InChI=1S/C17H19N7/c1-4-12(16-22-13-7-5-6-8-14(13)23-16)21-15-11-9-18-24(3)17(11)20-10(2)19-15/h5-9,12H,4H2,1-3H3,(H,22,23)(H,19,20,21)/t12-/m0/s1. The average Bonchev–Trinajstić information content (AvgIpc) is 3.16. The number of nitrogens with one attached hydrogen (secondary N) is 2. The Morgan fingerprint density at radius 2 is 2.04 bits per heavy atom. The van der Waals surface area contributed by atoms with Crippen molar-refractivity contribution in [3.05, 3.63) is 42.1 Å². The summed E-state index contributed by atoms with van der Waals surface area (Å²) in [6.07, 6.45) is 2.67. The van der Waals surface area contributed by atoms with E-state index in [1.807, 2.05) is 38.2 Å². The molecule has 0 bridgehead atoms. The van der Waals surface area contributed by atoms with Gasteiger partial charge in [-0.2, -0.15) is 5.10 Å². The number of H-pyrrole nitrogens is 1. The van der Waals surface area contributed by atoms with Gasteiger partial charge in [0.1, 0.15) is 17.5 Å². The summed E-state index contributed by atoms with van der Waals surface area (Å²) in [5, 5.41) is 8.71. The quantitative estimate of drug-likeness (QED) is 0.603. The smallest absolute Gasteiger partial charge is 0.163 e. The molecule has 0 saturated carbocycles. The zero-order chi connectivity index (χ0) is 16.7. The number of aromatic nitrogens is 6. The van der Waals surface area contributed by atoms with Crippen molar-refractivity contribution in [2.75, 3.05) is 5.32 Å². The van der Waals surface area contributed by atoms with Gasteiger partial charge in [0.25, 0.3) is 0 Å². The summed E-state index contributed by atoms with van der Waals surface area (Å²) in [4.78, 5) is 17.1. The number of fused-ring (bicyclic) bond motifs is 2. The van der Waals surface area contributed by atoms with E-state index in [1.54, 1.807) is 10.9 Å². The molecule has 0 unspecified atom stereocenters. The van der Waals surface area contributed by atoms with Crippen LogP contribution in [0.15, 0.2) is 30.5 Å². The Bertz CT molecular complexity index is 981. The molecule has 0 saturated heterocycles.